The lowest BCUT2D eigenvalue weighted by Crippen LogP contribution is -2.28. The van der Waals surface area contributed by atoms with Crippen LogP contribution in [0.3, 0.4) is 0 Å². The Morgan fingerprint density at radius 2 is 1.57 bits per heavy atom. The number of carbonyl (C=O) groups excluding carboxylic acids is 2. The standard InChI is InChI=1S/C23H26N2O5/c1-13(2)11-12-18(26)19(23(28)30-4)14-7-5-9-16-20(14)24-17-10-6-8-15(21(17)25-16)22(27)29-3/h5-10,13,18-19,26H,11-12H2,1-4H3/t18-,19+/m0/s1. The molecule has 30 heavy (non-hydrogen) atoms. The molecule has 3 aromatic rings. The van der Waals surface area contributed by atoms with E-state index in [4.69, 9.17) is 9.47 Å². The van der Waals surface area contributed by atoms with Gasteiger partial charge in [-0.2, -0.15) is 0 Å². The van der Waals surface area contributed by atoms with Crippen molar-refractivity contribution < 1.29 is 24.2 Å². The Labute approximate surface area is 175 Å². The molecular weight excluding hydrogens is 384 g/mol. The summed E-state index contributed by atoms with van der Waals surface area (Å²) in [7, 11) is 2.62. The number of aromatic nitrogens is 2. The van der Waals surface area contributed by atoms with Crippen LogP contribution in [0.15, 0.2) is 36.4 Å². The first-order valence-electron chi connectivity index (χ1n) is 9.91. The van der Waals surface area contributed by atoms with Gasteiger partial charge in [0.2, 0.25) is 0 Å². The molecule has 0 aliphatic carbocycles. The summed E-state index contributed by atoms with van der Waals surface area (Å²) in [5.41, 5.74) is 2.79. The van der Waals surface area contributed by atoms with Gasteiger partial charge in [0.25, 0.3) is 0 Å². The molecule has 0 amide bonds. The maximum atomic E-state index is 12.6. The Balaban J connectivity index is 2.18. The van der Waals surface area contributed by atoms with E-state index in [1.807, 2.05) is 0 Å². The summed E-state index contributed by atoms with van der Waals surface area (Å²) in [6, 6.07) is 10.3. The van der Waals surface area contributed by atoms with Crippen LogP contribution in [0.5, 0.6) is 0 Å². The summed E-state index contributed by atoms with van der Waals surface area (Å²) in [6.07, 6.45) is 0.321. The molecule has 0 aliphatic rings. The fourth-order valence-corrected chi connectivity index (χ4v) is 3.56. The molecule has 1 aromatic heterocycles. The van der Waals surface area contributed by atoms with Crippen LogP contribution in [0.2, 0.25) is 0 Å². The normalized spacial score (nSPS) is 13.4. The second-order valence-electron chi connectivity index (χ2n) is 7.64. The Morgan fingerprint density at radius 3 is 2.20 bits per heavy atom. The molecular formula is C23H26N2O5. The van der Waals surface area contributed by atoms with Gasteiger partial charge in [-0.25, -0.2) is 14.8 Å². The summed E-state index contributed by atoms with van der Waals surface area (Å²) < 4.78 is 9.83. The lowest BCUT2D eigenvalue weighted by atomic mass is 9.88. The molecule has 0 radical (unpaired) electrons. The van der Waals surface area contributed by atoms with Crippen molar-refractivity contribution >= 4 is 34.0 Å². The van der Waals surface area contributed by atoms with Gasteiger partial charge in [-0.1, -0.05) is 32.0 Å². The van der Waals surface area contributed by atoms with Gasteiger partial charge in [0.15, 0.2) is 0 Å². The molecule has 1 N–H and O–H groups in total. The zero-order valence-corrected chi connectivity index (χ0v) is 17.6. The highest BCUT2D eigenvalue weighted by Crippen LogP contribution is 2.31. The number of para-hydroxylation sites is 2. The van der Waals surface area contributed by atoms with Crippen LogP contribution >= 0.6 is 0 Å². The maximum Gasteiger partial charge on any atom is 0.340 e. The van der Waals surface area contributed by atoms with Crippen molar-refractivity contribution in [1.29, 1.82) is 0 Å². The second-order valence-corrected chi connectivity index (χ2v) is 7.64. The van der Waals surface area contributed by atoms with Gasteiger partial charge >= 0.3 is 11.9 Å². The van der Waals surface area contributed by atoms with Gasteiger partial charge in [-0.05, 0) is 42.5 Å². The highest BCUT2D eigenvalue weighted by Gasteiger charge is 2.31. The summed E-state index contributed by atoms with van der Waals surface area (Å²) in [5.74, 6) is -1.51. The number of hydrogen-bond acceptors (Lipinski definition) is 7. The Bertz CT molecular complexity index is 1080. The maximum absolute atomic E-state index is 12.6. The van der Waals surface area contributed by atoms with E-state index in [0.29, 0.717) is 45.5 Å². The minimum Gasteiger partial charge on any atom is -0.468 e. The van der Waals surface area contributed by atoms with Gasteiger partial charge in [-0.3, -0.25) is 4.79 Å². The number of ether oxygens (including phenoxy) is 2. The molecule has 158 valence electrons. The monoisotopic (exact) mass is 410 g/mol. The Morgan fingerprint density at radius 1 is 0.933 bits per heavy atom. The number of methoxy groups -OCH3 is 2. The fraction of sp³-hybridized carbons (Fsp3) is 0.391. The van der Waals surface area contributed by atoms with Crippen molar-refractivity contribution in [1.82, 2.24) is 9.97 Å². The molecule has 3 rings (SSSR count). The van der Waals surface area contributed by atoms with E-state index in [2.05, 4.69) is 23.8 Å². The Kier molecular flexibility index (Phi) is 6.62. The number of nitrogens with zero attached hydrogens (tertiary/aromatic N) is 2. The van der Waals surface area contributed by atoms with Crippen molar-refractivity contribution in [3.63, 3.8) is 0 Å². The van der Waals surface area contributed by atoms with E-state index in [1.165, 1.54) is 14.2 Å². The van der Waals surface area contributed by atoms with Gasteiger partial charge in [0, 0.05) is 0 Å². The molecule has 7 nitrogen and oxygen atoms in total. The molecule has 1 heterocycles. The molecule has 0 bridgehead atoms. The average molecular weight is 410 g/mol. The van der Waals surface area contributed by atoms with Crippen molar-refractivity contribution in [3.05, 3.63) is 47.5 Å². The molecule has 0 saturated carbocycles. The lowest BCUT2D eigenvalue weighted by molar-refractivity contribution is -0.145. The molecule has 0 saturated heterocycles. The second kappa shape index (κ2) is 9.17. The summed E-state index contributed by atoms with van der Waals surface area (Å²) in [5, 5.41) is 10.8. The number of hydrogen-bond donors (Lipinski definition) is 1. The van der Waals surface area contributed by atoms with Crippen LogP contribution in [0.4, 0.5) is 0 Å². The molecule has 0 aliphatic heterocycles. The topological polar surface area (TPSA) is 98.6 Å². The van der Waals surface area contributed by atoms with Crippen LogP contribution in [-0.2, 0) is 14.3 Å². The summed E-state index contributed by atoms with van der Waals surface area (Å²) in [6.45, 7) is 4.13. The van der Waals surface area contributed by atoms with Crippen molar-refractivity contribution in [3.8, 4) is 0 Å². The van der Waals surface area contributed by atoms with Gasteiger partial charge < -0.3 is 14.6 Å². The van der Waals surface area contributed by atoms with Crippen molar-refractivity contribution in [2.24, 2.45) is 5.92 Å². The Hall–Kier alpha value is -3.06. The van der Waals surface area contributed by atoms with Crippen LogP contribution in [0.1, 0.15) is 48.5 Å². The third kappa shape index (κ3) is 4.26. The summed E-state index contributed by atoms with van der Waals surface area (Å²) in [4.78, 5) is 34.0. The van der Waals surface area contributed by atoms with Gasteiger partial charge in [0.05, 0.1) is 42.4 Å². The number of aliphatic hydroxyl groups excluding tert-OH is 1. The average Bonchev–Trinajstić information content (AvgIpc) is 2.75. The fourth-order valence-electron chi connectivity index (χ4n) is 3.56. The number of rotatable bonds is 7. The summed E-state index contributed by atoms with van der Waals surface area (Å²) >= 11 is 0. The molecule has 0 unspecified atom stereocenters. The largest absolute Gasteiger partial charge is 0.468 e. The lowest BCUT2D eigenvalue weighted by Gasteiger charge is -2.22. The zero-order chi connectivity index (χ0) is 21.8. The minimum atomic E-state index is -0.913. The van der Waals surface area contributed by atoms with Crippen LogP contribution in [0, 0.1) is 5.92 Å². The van der Waals surface area contributed by atoms with E-state index in [9.17, 15) is 14.7 Å². The van der Waals surface area contributed by atoms with Crippen LogP contribution in [0.25, 0.3) is 22.1 Å². The quantitative estimate of drug-likeness (QED) is 0.469. The van der Waals surface area contributed by atoms with E-state index in [-0.39, 0.29) is 0 Å². The van der Waals surface area contributed by atoms with Crippen molar-refractivity contribution in [2.75, 3.05) is 14.2 Å². The molecule has 0 spiro atoms. The first kappa shape index (κ1) is 21.6. The van der Waals surface area contributed by atoms with Gasteiger partial charge in [0.1, 0.15) is 11.4 Å². The highest BCUT2D eigenvalue weighted by molar-refractivity contribution is 6.03. The van der Waals surface area contributed by atoms with E-state index >= 15 is 0 Å². The number of carbonyl (C=O) groups is 2. The van der Waals surface area contributed by atoms with E-state index in [0.717, 1.165) is 6.42 Å². The SMILES string of the molecule is COC(=O)c1cccc2nc3c([C@@H](C(=O)OC)[C@@H](O)CCC(C)C)cccc3nc12. The van der Waals surface area contributed by atoms with Crippen LogP contribution < -0.4 is 0 Å². The predicted molar refractivity (Wildman–Crippen MR) is 113 cm³/mol. The zero-order valence-electron chi connectivity index (χ0n) is 17.6. The first-order chi connectivity index (χ1) is 14.4. The number of benzene rings is 2. The molecule has 0 fully saturated rings. The first-order valence-corrected chi connectivity index (χ1v) is 9.91. The predicted octanol–water partition coefficient (Wildman–Crippen LogP) is 3.62. The van der Waals surface area contributed by atoms with E-state index < -0.39 is 24.0 Å². The number of esters is 2. The third-order valence-corrected chi connectivity index (χ3v) is 5.15. The smallest absolute Gasteiger partial charge is 0.340 e. The van der Waals surface area contributed by atoms with Crippen molar-refractivity contribution in [2.45, 2.75) is 38.7 Å². The van der Waals surface area contributed by atoms with Crippen LogP contribution in [-0.4, -0.2) is 47.3 Å². The minimum absolute atomic E-state index is 0.316. The molecule has 2 atom stereocenters. The number of fused-ring (bicyclic) bond motifs is 2. The number of aliphatic hydroxyl groups is 1. The molecule has 7 heteroatoms. The third-order valence-electron chi connectivity index (χ3n) is 5.15. The van der Waals surface area contributed by atoms with Gasteiger partial charge in [-0.15, -0.1) is 0 Å². The molecule has 2 aromatic carbocycles. The highest BCUT2D eigenvalue weighted by atomic mass is 16.5. The van der Waals surface area contributed by atoms with E-state index in [1.54, 1.807) is 36.4 Å².